The van der Waals surface area contributed by atoms with E-state index in [4.69, 9.17) is 0 Å². The summed E-state index contributed by atoms with van der Waals surface area (Å²) in [6, 6.07) is 8.17. The maximum absolute atomic E-state index is 12.0. The van der Waals surface area contributed by atoms with Crippen LogP contribution in [-0.2, 0) is 16.0 Å². The van der Waals surface area contributed by atoms with E-state index in [1.807, 2.05) is 12.1 Å². The third-order valence-corrected chi connectivity index (χ3v) is 3.90. The van der Waals surface area contributed by atoms with E-state index in [2.05, 4.69) is 28.1 Å². The highest BCUT2D eigenvalue weighted by Crippen LogP contribution is 2.13. The Kier molecular flexibility index (Phi) is 5.14. The Morgan fingerprint density at radius 3 is 2.68 bits per heavy atom. The van der Waals surface area contributed by atoms with Gasteiger partial charge in [0.2, 0.25) is 5.91 Å². The Balaban J connectivity index is 1.74. The number of aryl methyl sites for hydroxylation is 1. The third kappa shape index (κ3) is 4.46. The predicted octanol–water partition coefficient (Wildman–Crippen LogP) is 2.96. The molecule has 0 saturated carbocycles. The van der Waals surface area contributed by atoms with Gasteiger partial charge in [0.25, 0.3) is 0 Å². The number of rotatable bonds is 4. The topological polar surface area (TPSA) is 37.4 Å². The van der Waals surface area contributed by atoms with Gasteiger partial charge in [-0.25, -0.2) is 0 Å². The molecule has 2 rings (SSSR count). The second kappa shape index (κ2) is 6.85. The molecule has 0 unspecified atom stereocenters. The molecule has 1 saturated heterocycles. The van der Waals surface area contributed by atoms with Gasteiger partial charge in [0, 0.05) is 23.9 Å². The summed E-state index contributed by atoms with van der Waals surface area (Å²) in [5.74, 6) is 0.303. The van der Waals surface area contributed by atoms with Crippen LogP contribution in [-0.4, -0.2) is 29.7 Å². The Hall–Kier alpha value is -1.16. The number of amides is 1. The summed E-state index contributed by atoms with van der Waals surface area (Å²) in [6.07, 6.45) is 3.72. The van der Waals surface area contributed by atoms with Crippen molar-refractivity contribution in [1.29, 1.82) is 0 Å². The average Bonchev–Trinajstić information content (AvgIpc) is 2.41. The fraction of sp³-hybridized carbons (Fsp3) is 0.467. The smallest absolute Gasteiger partial charge is 0.222 e. The SMILES string of the molecule is O=C1CCCN(C(=O)CCCc2ccc(Br)cc2)C1. The minimum absolute atomic E-state index is 0.116. The standard InChI is InChI=1S/C15H18BrNO2/c16-13-8-6-12(7-9-13)3-1-5-15(19)17-10-2-4-14(18)11-17/h6-9H,1-5,10-11H2. The normalized spacial score (nSPS) is 15.6. The molecule has 4 heteroatoms. The van der Waals surface area contributed by atoms with E-state index in [0.29, 0.717) is 19.4 Å². The number of benzene rings is 1. The monoisotopic (exact) mass is 323 g/mol. The first-order valence-corrected chi connectivity index (χ1v) is 7.48. The molecule has 0 spiro atoms. The minimum Gasteiger partial charge on any atom is -0.335 e. The molecule has 1 heterocycles. The molecule has 1 amide bonds. The van der Waals surface area contributed by atoms with Gasteiger partial charge in [-0.1, -0.05) is 28.1 Å². The van der Waals surface area contributed by atoms with Crippen LogP contribution in [0.3, 0.4) is 0 Å². The molecule has 3 nitrogen and oxygen atoms in total. The molecule has 1 aliphatic rings. The first-order valence-electron chi connectivity index (χ1n) is 6.69. The lowest BCUT2D eigenvalue weighted by atomic mass is 10.1. The van der Waals surface area contributed by atoms with Gasteiger partial charge in [0.05, 0.1) is 6.54 Å². The van der Waals surface area contributed by atoms with Gasteiger partial charge in [-0.3, -0.25) is 9.59 Å². The molecule has 102 valence electrons. The largest absolute Gasteiger partial charge is 0.335 e. The Labute approximate surface area is 122 Å². The van der Waals surface area contributed by atoms with Crippen molar-refractivity contribution >= 4 is 27.6 Å². The third-order valence-electron chi connectivity index (χ3n) is 3.37. The van der Waals surface area contributed by atoms with E-state index in [9.17, 15) is 9.59 Å². The fourth-order valence-electron chi connectivity index (χ4n) is 2.30. The van der Waals surface area contributed by atoms with Crippen LogP contribution >= 0.6 is 15.9 Å². The van der Waals surface area contributed by atoms with E-state index in [1.165, 1.54) is 5.56 Å². The van der Waals surface area contributed by atoms with Crippen molar-refractivity contribution in [1.82, 2.24) is 4.90 Å². The van der Waals surface area contributed by atoms with Crippen LogP contribution in [0.4, 0.5) is 0 Å². The number of halogens is 1. The van der Waals surface area contributed by atoms with Crippen LogP contribution in [0.25, 0.3) is 0 Å². The molecule has 1 aliphatic heterocycles. The van der Waals surface area contributed by atoms with Gasteiger partial charge in [-0.2, -0.15) is 0 Å². The van der Waals surface area contributed by atoms with Crippen molar-refractivity contribution in [2.45, 2.75) is 32.1 Å². The van der Waals surface area contributed by atoms with E-state index in [0.717, 1.165) is 30.3 Å². The zero-order valence-corrected chi connectivity index (χ0v) is 12.5. The molecule has 1 aromatic rings. The first kappa shape index (κ1) is 14.3. The Bertz CT molecular complexity index is 456. The van der Waals surface area contributed by atoms with E-state index >= 15 is 0 Å². The van der Waals surface area contributed by atoms with Gasteiger partial charge in [-0.05, 0) is 37.0 Å². The summed E-state index contributed by atoms with van der Waals surface area (Å²) in [4.78, 5) is 25.0. The van der Waals surface area contributed by atoms with E-state index < -0.39 is 0 Å². The van der Waals surface area contributed by atoms with Crippen molar-refractivity contribution in [2.24, 2.45) is 0 Å². The van der Waals surface area contributed by atoms with Gasteiger partial charge in [-0.15, -0.1) is 0 Å². The number of carbonyl (C=O) groups is 2. The lowest BCUT2D eigenvalue weighted by Crippen LogP contribution is -2.40. The first-order chi connectivity index (χ1) is 9.15. The molecule has 1 aromatic carbocycles. The molecule has 0 radical (unpaired) electrons. The maximum atomic E-state index is 12.0. The maximum Gasteiger partial charge on any atom is 0.222 e. The van der Waals surface area contributed by atoms with E-state index in [-0.39, 0.29) is 11.7 Å². The molecule has 0 atom stereocenters. The van der Waals surface area contributed by atoms with Gasteiger partial charge in [0.15, 0.2) is 5.78 Å². The van der Waals surface area contributed by atoms with Crippen molar-refractivity contribution in [3.05, 3.63) is 34.3 Å². The number of ketones is 1. The molecular weight excluding hydrogens is 306 g/mol. The fourth-order valence-corrected chi connectivity index (χ4v) is 2.57. The second-order valence-corrected chi connectivity index (χ2v) is 5.85. The van der Waals surface area contributed by atoms with Crippen LogP contribution in [0.5, 0.6) is 0 Å². The number of Topliss-reactive ketones (excluding diaryl/α,β-unsaturated/α-hetero) is 1. The summed E-state index contributed by atoms with van der Waals surface area (Å²) in [7, 11) is 0. The van der Waals surface area contributed by atoms with Crippen molar-refractivity contribution in [3.8, 4) is 0 Å². The molecule has 0 N–H and O–H groups in total. The molecular formula is C15H18BrNO2. The quantitative estimate of drug-likeness (QED) is 0.854. The zero-order chi connectivity index (χ0) is 13.7. The highest BCUT2D eigenvalue weighted by Gasteiger charge is 2.20. The second-order valence-electron chi connectivity index (χ2n) is 4.94. The van der Waals surface area contributed by atoms with Crippen LogP contribution in [0.2, 0.25) is 0 Å². The van der Waals surface area contributed by atoms with Crippen molar-refractivity contribution in [2.75, 3.05) is 13.1 Å². The van der Waals surface area contributed by atoms with E-state index in [1.54, 1.807) is 4.90 Å². The Morgan fingerprint density at radius 1 is 1.26 bits per heavy atom. The van der Waals surface area contributed by atoms with Gasteiger partial charge < -0.3 is 4.90 Å². The zero-order valence-electron chi connectivity index (χ0n) is 10.9. The molecule has 1 fully saturated rings. The molecule has 19 heavy (non-hydrogen) atoms. The number of carbonyl (C=O) groups excluding carboxylic acids is 2. The summed E-state index contributed by atoms with van der Waals surface area (Å²) >= 11 is 3.40. The number of piperidine rings is 1. The minimum atomic E-state index is 0.116. The number of nitrogens with zero attached hydrogens (tertiary/aromatic N) is 1. The van der Waals surface area contributed by atoms with Gasteiger partial charge >= 0.3 is 0 Å². The Morgan fingerprint density at radius 2 is 2.00 bits per heavy atom. The molecule has 0 bridgehead atoms. The highest BCUT2D eigenvalue weighted by atomic mass is 79.9. The van der Waals surface area contributed by atoms with Crippen molar-refractivity contribution < 1.29 is 9.59 Å². The number of hydrogen-bond acceptors (Lipinski definition) is 2. The van der Waals surface area contributed by atoms with Gasteiger partial charge in [0.1, 0.15) is 0 Å². The van der Waals surface area contributed by atoms with Crippen LogP contribution in [0, 0.1) is 0 Å². The summed E-state index contributed by atoms with van der Waals surface area (Å²) in [5.41, 5.74) is 1.24. The lowest BCUT2D eigenvalue weighted by molar-refractivity contribution is -0.137. The molecule has 0 aromatic heterocycles. The molecule has 0 aliphatic carbocycles. The number of likely N-dealkylation sites (tertiary alicyclic amines) is 1. The van der Waals surface area contributed by atoms with Crippen molar-refractivity contribution in [3.63, 3.8) is 0 Å². The lowest BCUT2D eigenvalue weighted by Gasteiger charge is -2.25. The van der Waals surface area contributed by atoms with Crippen LogP contribution in [0.15, 0.2) is 28.7 Å². The predicted molar refractivity (Wildman–Crippen MR) is 77.9 cm³/mol. The number of hydrogen-bond donors (Lipinski definition) is 0. The summed E-state index contributed by atoms with van der Waals surface area (Å²) < 4.78 is 1.07. The summed E-state index contributed by atoms with van der Waals surface area (Å²) in [6.45, 7) is 1.06. The highest BCUT2D eigenvalue weighted by molar-refractivity contribution is 9.10. The average molecular weight is 324 g/mol. The van der Waals surface area contributed by atoms with Crippen LogP contribution in [0.1, 0.15) is 31.2 Å². The van der Waals surface area contributed by atoms with Crippen LogP contribution < -0.4 is 0 Å². The summed E-state index contributed by atoms with van der Waals surface area (Å²) in [5, 5.41) is 0.